The molecule has 120 valence electrons. The number of likely N-dealkylation sites (tertiary alicyclic amines) is 1. The average molecular weight is 301 g/mol. The van der Waals surface area contributed by atoms with Crippen LogP contribution in [0.25, 0.3) is 0 Å². The summed E-state index contributed by atoms with van der Waals surface area (Å²) in [7, 11) is 3.92. The minimum absolute atomic E-state index is 0.0313. The number of nitrogens with zero attached hydrogens (tertiary/aromatic N) is 2. The van der Waals surface area contributed by atoms with Crippen LogP contribution in [0.1, 0.15) is 31.2 Å². The van der Waals surface area contributed by atoms with Crippen molar-refractivity contribution in [3.8, 4) is 0 Å². The summed E-state index contributed by atoms with van der Waals surface area (Å²) in [6.45, 7) is 3.02. The molecule has 4 heteroatoms. The van der Waals surface area contributed by atoms with Gasteiger partial charge in [0, 0.05) is 12.7 Å². The molecule has 2 atom stereocenters. The lowest BCUT2D eigenvalue weighted by molar-refractivity contribution is -0.123. The largest absolute Gasteiger partial charge is 0.314 e. The zero-order valence-corrected chi connectivity index (χ0v) is 13.9. The van der Waals surface area contributed by atoms with Crippen LogP contribution in [0.3, 0.4) is 0 Å². The van der Waals surface area contributed by atoms with Crippen molar-refractivity contribution in [2.24, 2.45) is 5.92 Å². The number of hydrogen-bond acceptors (Lipinski definition) is 3. The highest BCUT2D eigenvalue weighted by molar-refractivity contribution is 5.97. The predicted octanol–water partition coefficient (Wildman–Crippen LogP) is 3.10. The Morgan fingerprint density at radius 2 is 2.27 bits per heavy atom. The Hall–Kier alpha value is -1.68. The van der Waals surface area contributed by atoms with Crippen LogP contribution < -0.4 is 4.90 Å². The second kappa shape index (κ2) is 7.54. The molecule has 0 aliphatic carbocycles. The molecular weight excluding hydrogens is 274 g/mol. The summed E-state index contributed by atoms with van der Waals surface area (Å²) in [5.41, 5.74) is 2.13. The van der Waals surface area contributed by atoms with E-state index in [-0.39, 0.29) is 11.9 Å². The maximum Gasteiger partial charge on any atom is 0.244 e. The Kier molecular flexibility index (Phi) is 5.72. The molecule has 0 aromatic heterocycles. The molecular formula is C18H27N3O. The van der Waals surface area contributed by atoms with Gasteiger partial charge in [0.2, 0.25) is 5.91 Å². The van der Waals surface area contributed by atoms with E-state index in [0.29, 0.717) is 5.92 Å². The Morgan fingerprint density at radius 3 is 2.95 bits per heavy atom. The molecule has 22 heavy (non-hydrogen) atoms. The number of likely N-dealkylation sites (N-methyl/N-ethyl adjacent to an activating group) is 2. The van der Waals surface area contributed by atoms with Crippen molar-refractivity contribution in [2.45, 2.75) is 38.6 Å². The number of rotatable bonds is 6. The van der Waals surface area contributed by atoms with Gasteiger partial charge in [0.05, 0.1) is 6.04 Å². The Bertz CT molecular complexity index is 529. The van der Waals surface area contributed by atoms with E-state index >= 15 is 0 Å². The van der Waals surface area contributed by atoms with E-state index in [0.717, 1.165) is 37.9 Å². The number of hydrogen-bond donors (Lipinski definition) is 1. The molecule has 0 radical (unpaired) electrons. The van der Waals surface area contributed by atoms with Gasteiger partial charge in [0.15, 0.2) is 0 Å². The van der Waals surface area contributed by atoms with Crippen molar-refractivity contribution in [3.05, 3.63) is 29.8 Å². The zero-order chi connectivity index (χ0) is 16.1. The summed E-state index contributed by atoms with van der Waals surface area (Å²) in [6.07, 6.45) is 5.38. The lowest BCUT2D eigenvalue weighted by Crippen LogP contribution is -2.45. The van der Waals surface area contributed by atoms with E-state index in [4.69, 9.17) is 5.41 Å². The summed E-state index contributed by atoms with van der Waals surface area (Å²) in [5.74, 6) is 0.593. The second-order valence-electron chi connectivity index (χ2n) is 6.35. The van der Waals surface area contributed by atoms with Gasteiger partial charge in [-0.2, -0.15) is 0 Å². The lowest BCUT2D eigenvalue weighted by atomic mass is 9.93. The van der Waals surface area contributed by atoms with Gasteiger partial charge < -0.3 is 10.3 Å². The first-order chi connectivity index (χ1) is 10.5. The second-order valence-corrected chi connectivity index (χ2v) is 6.35. The number of carbonyl (C=O) groups is 1. The van der Waals surface area contributed by atoms with Crippen molar-refractivity contribution < 1.29 is 4.79 Å². The van der Waals surface area contributed by atoms with Crippen molar-refractivity contribution >= 4 is 17.8 Å². The van der Waals surface area contributed by atoms with Crippen LogP contribution >= 0.6 is 0 Å². The standard InChI is InChI=1S/C18H27N3O/c1-14-7-6-9-16(13-14)21(3)18(22)17-15(8-4-5-11-19)10-12-20(17)2/h6-7,9,11,13,15,17,19H,4-5,8,10,12H2,1-3H3/t15-,17-/m0/s1. The molecule has 1 heterocycles. The minimum Gasteiger partial charge on any atom is -0.314 e. The molecule has 1 aliphatic rings. The molecule has 2 rings (SSSR count). The predicted molar refractivity (Wildman–Crippen MR) is 91.7 cm³/mol. The van der Waals surface area contributed by atoms with Crippen molar-refractivity contribution in [2.75, 3.05) is 25.5 Å². The SMILES string of the molecule is Cc1cccc(N(C)C(=O)[C@@H]2[C@@H](CCCC=N)CCN2C)c1. The maximum absolute atomic E-state index is 12.9. The van der Waals surface area contributed by atoms with Crippen molar-refractivity contribution in [1.82, 2.24) is 4.90 Å². The van der Waals surface area contributed by atoms with E-state index in [1.807, 2.05) is 39.2 Å². The molecule has 1 amide bonds. The number of carbonyl (C=O) groups excluding carboxylic acids is 1. The monoisotopic (exact) mass is 301 g/mol. The average Bonchev–Trinajstić information content (AvgIpc) is 2.87. The fourth-order valence-electron chi connectivity index (χ4n) is 3.36. The third kappa shape index (κ3) is 3.74. The van der Waals surface area contributed by atoms with Crippen LogP contribution in [0.4, 0.5) is 5.69 Å². The summed E-state index contributed by atoms with van der Waals surface area (Å²) in [6, 6.07) is 8.05. The summed E-state index contributed by atoms with van der Waals surface area (Å²) in [4.78, 5) is 16.9. The molecule has 1 N–H and O–H groups in total. The van der Waals surface area contributed by atoms with Gasteiger partial charge in [-0.25, -0.2) is 0 Å². The van der Waals surface area contributed by atoms with Gasteiger partial charge in [-0.1, -0.05) is 12.1 Å². The van der Waals surface area contributed by atoms with E-state index in [1.165, 1.54) is 11.8 Å². The Balaban J connectivity index is 2.09. The van der Waals surface area contributed by atoms with Crippen LogP contribution in [0.15, 0.2) is 24.3 Å². The highest BCUT2D eigenvalue weighted by Gasteiger charge is 2.38. The van der Waals surface area contributed by atoms with Crippen LogP contribution in [-0.4, -0.2) is 43.7 Å². The van der Waals surface area contributed by atoms with Crippen molar-refractivity contribution in [1.29, 1.82) is 5.41 Å². The van der Waals surface area contributed by atoms with Crippen LogP contribution in [0.2, 0.25) is 0 Å². The maximum atomic E-state index is 12.9. The first-order valence-electron chi connectivity index (χ1n) is 8.08. The molecule has 1 saturated heterocycles. The number of aryl methyl sites for hydroxylation is 1. The van der Waals surface area contributed by atoms with Crippen LogP contribution in [-0.2, 0) is 4.79 Å². The van der Waals surface area contributed by atoms with Crippen LogP contribution in [0.5, 0.6) is 0 Å². The van der Waals surface area contributed by atoms with E-state index in [9.17, 15) is 4.79 Å². The van der Waals surface area contributed by atoms with E-state index in [1.54, 1.807) is 4.90 Å². The van der Waals surface area contributed by atoms with E-state index in [2.05, 4.69) is 11.0 Å². The van der Waals surface area contributed by atoms with E-state index < -0.39 is 0 Å². The Labute approximate surface area is 133 Å². The normalized spacial score (nSPS) is 21.8. The summed E-state index contributed by atoms with van der Waals surface area (Å²) >= 11 is 0. The smallest absolute Gasteiger partial charge is 0.244 e. The topological polar surface area (TPSA) is 47.4 Å². The highest BCUT2D eigenvalue weighted by atomic mass is 16.2. The van der Waals surface area contributed by atoms with Gasteiger partial charge in [0.1, 0.15) is 0 Å². The van der Waals surface area contributed by atoms with Crippen LogP contribution in [0, 0.1) is 18.3 Å². The number of anilines is 1. The zero-order valence-electron chi connectivity index (χ0n) is 13.9. The molecule has 1 aliphatic heterocycles. The number of unbranched alkanes of at least 4 members (excludes halogenated alkanes) is 1. The van der Waals surface area contributed by atoms with Gasteiger partial charge in [0.25, 0.3) is 0 Å². The molecule has 1 aromatic carbocycles. The van der Waals surface area contributed by atoms with Gasteiger partial charge in [-0.05, 0) is 76.0 Å². The molecule has 0 spiro atoms. The molecule has 1 fully saturated rings. The fraction of sp³-hybridized carbons (Fsp3) is 0.556. The highest BCUT2D eigenvalue weighted by Crippen LogP contribution is 2.30. The first kappa shape index (κ1) is 16.7. The number of benzene rings is 1. The van der Waals surface area contributed by atoms with Crippen molar-refractivity contribution in [3.63, 3.8) is 0 Å². The van der Waals surface area contributed by atoms with Gasteiger partial charge >= 0.3 is 0 Å². The molecule has 0 unspecified atom stereocenters. The van der Waals surface area contributed by atoms with Gasteiger partial charge in [-0.3, -0.25) is 9.69 Å². The molecule has 0 bridgehead atoms. The molecule has 0 saturated carbocycles. The third-order valence-electron chi connectivity index (χ3n) is 4.67. The Morgan fingerprint density at radius 1 is 1.50 bits per heavy atom. The molecule has 1 aromatic rings. The summed E-state index contributed by atoms with van der Waals surface area (Å²) < 4.78 is 0. The fourth-order valence-corrected chi connectivity index (χ4v) is 3.36. The lowest BCUT2D eigenvalue weighted by Gasteiger charge is -2.29. The number of nitrogens with one attached hydrogen (secondary N) is 1. The minimum atomic E-state index is -0.0313. The first-order valence-corrected chi connectivity index (χ1v) is 8.08. The quantitative estimate of drug-likeness (QED) is 0.648. The summed E-state index contributed by atoms with van der Waals surface area (Å²) in [5, 5.41) is 7.14. The molecule has 4 nitrogen and oxygen atoms in total. The third-order valence-corrected chi connectivity index (χ3v) is 4.67. The number of amides is 1. The van der Waals surface area contributed by atoms with Gasteiger partial charge in [-0.15, -0.1) is 0 Å².